The molecule has 0 saturated carbocycles. The summed E-state index contributed by atoms with van der Waals surface area (Å²) in [5.74, 6) is -0.156. The lowest BCUT2D eigenvalue weighted by Gasteiger charge is -2.12. The van der Waals surface area contributed by atoms with Crippen LogP contribution in [0, 0.1) is 0 Å². The number of nitrogens with two attached hydrogens (primary N) is 1. The van der Waals surface area contributed by atoms with Gasteiger partial charge in [-0.15, -0.1) is 0 Å². The molecule has 0 atom stereocenters. The normalized spacial score (nSPS) is 10.3. The SMILES string of the molecule is C=Cc1c(N)nc(-c2ccc(Cl)c(OC)c2Cl)nc1C(=O)OC. The van der Waals surface area contributed by atoms with Gasteiger partial charge in [-0.2, -0.15) is 0 Å². The zero-order chi connectivity index (χ0) is 17.1. The van der Waals surface area contributed by atoms with Crippen LogP contribution in [0.25, 0.3) is 17.5 Å². The fourth-order valence-corrected chi connectivity index (χ4v) is 2.56. The Hall–Kier alpha value is -2.31. The molecule has 0 saturated heterocycles. The zero-order valence-corrected chi connectivity index (χ0v) is 13.9. The Balaban J connectivity index is 2.73. The molecule has 0 aliphatic rings. The molecule has 120 valence electrons. The number of carbonyl (C=O) groups excluding carboxylic acids is 1. The Morgan fingerprint density at radius 3 is 2.57 bits per heavy atom. The first kappa shape index (κ1) is 17.1. The summed E-state index contributed by atoms with van der Waals surface area (Å²) in [5.41, 5.74) is 6.58. The van der Waals surface area contributed by atoms with Crippen molar-refractivity contribution < 1.29 is 14.3 Å². The van der Waals surface area contributed by atoms with Gasteiger partial charge in [0.05, 0.1) is 24.3 Å². The Bertz CT molecular complexity index is 794. The largest absolute Gasteiger partial charge is 0.494 e. The number of benzene rings is 1. The summed E-state index contributed by atoms with van der Waals surface area (Å²) in [6.45, 7) is 3.60. The molecule has 23 heavy (non-hydrogen) atoms. The third kappa shape index (κ3) is 3.09. The molecule has 8 heteroatoms. The lowest BCUT2D eigenvalue weighted by molar-refractivity contribution is 0.0594. The lowest BCUT2D eigenvalue weighted by Crippen LogP contribution is -2.12. The lowest BCUT2D eigenvalue weighted by atomic mass is 10.1. The first-order chi connectivity index (χ1) is 10.9. The highest BCUT2D eigenvalue weighted by Gasteiger charge is 2.21. The summed E-state index contributed by atoms with van der Waals surface area (Å²) in [6, 6.07) is 3.19. The van der Waals surface area contributed by atoms with Gasteiger partial charge in [0.25, 0.3) is 0 Å². The van der Waals surface area contributed by atoms with Crippen molar-refractivity contribution >= 4 is 41.1 Å². The number of nitrogens with zero attached hydrogens (tertiary/aromatic N) is 2. The highest BCUT2D eigenvalue weighted by molar-refractivity contribution is 6.38. The molecule has 0 unspecified atom stereocenters. The van der Waals surface area contributed by atoms with Crippen molar-refractivity contribution in [3.8, 4) is 17.1 Å². The van der Waals surface area contributed by atoms with E-state index in [0.29, 0.717) is 10.6 Å². The Kier molecular flexibility index (Phi) is 5.08. The van der Waals surface area contributed by atoms with E-state index in [4.69, 9.17) is 38.4 Å². The van der Waals surface area contributed by atoms with E-state index in [2.05, 4.69) is 16.5 Å². The van der Waals surface area contributed by atoms with Crippen LogP contribution in [0.1, 0.15) is 16.1 Å². The highest BCUT2D eigenvalue weighted by Crippen LogP contribution is 2.39. The number of ether oxygens (including phenoxy) is 2. The van der Waals surface area contributed by atoms with E-state index < -0.39 is 5.97 Å². The molecule has 2 aromatic rings. The van der Waals surface area contributed by atoms with E-state index in [1.54, 1.807) is 12.1 Å². The minimum atomic E-state index is -0.660. The second-order valence-electron chi connectivity index (χ2n) is 4.33. The number of hydrogen-bond donors (Lipinski definition) is 1. The number of hydrogen-bond acceptors (Lipinski definition) is 6. The summed E-state index contributed by atoms with van der Waals surface area (Å²) >= 11 is 12.3. The van der Waals surface area contributed by atoms with Crippen molar-refractivity contribution in [3.63, 3.8) is 0 Å². The van der Waals surface area contributed by atoms with Crippen LogP contribution in [0.15, 0.2) is 18.7 Å². The summed E-state index contributed by atoms with van der Waals surface area (Å²) in [5, 5.41) is 0.548. The molecule has 1 aromatic carbocycles. The number of methoxy groups -OCH3 is 2. The third-order valence-electron chi connectivity index (χ3n) is 3.05. The van der Waals surface area contributed by atoms with Gasteiger partial charge in [-0.25, -0.2) is 14.8 Å². The first-order valence-electron chi connectivity index (χ1n) is 6.35. The van der Waals surface area contributed by atoms with Crippen molar-refractivity contribution in [1.29, 1.82) is 0 Å². The van der Waals surface area contributed by atoms with Gasteiger partial charge in [0.1, 0.15) is 5.82 Å². The van der Waals surface area contributed by atoms with E-state index in [1.807, 2.05) is 0 Å². The fraction of sp³-hybridized carbons (Fsp3) is 0.133. The number of rotatable bonds is 4. The molecular formula is C15H13Cl2N3O3. The van der Waals surface area contributed by atoms with Crippen LogP contribution in [0.4, 0.5) is 5.82 Å². The number of nitrogen functional groups attached to an aromatic ring is 1. The average Bonchev–Trinajstić information content (AvgIpc) is 2.53. The Morgan fingerprint density at radius 1 is 1.30 bits per heavy atom. The summed E-state index contributed by atoms with van der Waals surface area (Å²) < 4.78 is 9.86. The average molecular weight is 354 g/mol. The number of carbonyl (C=O) groups is 1. The molecule has 0 fully saturated rings. The number of esters is 1. The van der Waals surface area contributed by atoms with Crippen LogP contribution in [-0.2, 0) is 4.74 Å². The van der Waals surface area contributed by atoms with Gasteiger partial charge in [0, 0.05) is 11.1 Å². The quantitative estimate of drug-likeness (QED) is 0.846. The maximum atomic E-state index is 11.9. The minimum absolute atomic E-state index is 0.00464. The van der Waals surface area contributed by atoms with Crippen LogP contribution in [-0.4, -0.2) is 30.2 Å². The van der Waals surface area contributed by atoms with Crippen LogP contribution in [0.2, 0.25) is 10.0 Å². The predicted molar refractivity (Wildman–Crippen MR) is 89.9 cm³/mol. The monoisotopic (exact) mass is 353 g/mol. The molecule has 0 amide bonds. The molecule has 0 bridgehead atoms. The van der Waals surface area contributed by atoms with E-state index >= 15 is 0 Å². The molecule has 1 heterocycles. The van der Waals surface area contributed by atoms with Gasteiger partial charge >= 0.3 is 5.97 Å². The fourth-order valence-electron chi connectivity index (χ4n) is 1.95. The van der Waals surface area contributed by atoms with Crippen LogP contribution >= 0.6 is 23.2 Å². The number of anilines is 1. The van der Waals surface area contributed by atoms with Gasteiger partial charge in [0.15, 0.2) is 17.3 Å². The first-order valence-corrected chi connectivity index (χ1v) is 7.10. The number of aromatic nitrogens is 2. The van der Waals surface area contributed by atoms with Crippen LogP contribution in [0.3, 0.4) is 0 Å². The molecule has 2 N–H and O–H groups in total. The van der Waals surface area contributed by atoms with E-state index in [9.17, 15) is 4.79 Å². The van der Waals surface area contributed by atoms with E-state index in [1.165, 1.54) is 20.3 Å². The maximum Gasteiger partial charge on any atom is 0.357 e. The molecule has 1 aromatic heterocycles. The number of halogens is 2. The molecule has 2 rings (SSSR count). The second-order valence-corrected chi connectivity index (χ2v) is 5.12. The third-order valence-corrected chi connectivity index (χ3v) is 3.72. The molecule has 0 aliphatic carbocycles. The maximum absolute atomic E-state index is 11.9. The van der Waals surface area contributed by atoms with Gasteiger partial charge in [-0.05, 0) is 12.1 Å². The van der Waals surface area contributed by atoms with Crippen molar-refractivity contribution in [2.24, 2.45) is 0 Å². The van der Waals surface area contributed by atoms with Gasteiger partial charge in [-0.1, -0.05) is 35.9 Å². The molecule has 0 radical (unpaired) electrons. The Labute approximate surface area is 142 Å². The molecule has 0 spiro atoms. The Morgan fingerprint density at radius 2 is 2.00 bits per heavy atom. The molecular weight excluding hydrogens is 341 g/mol. The van der Waals surface area contributed by atoms with Crippen molar-refractivity contribution in [1.82, 2.24) is 9.97 Å². The van der Waals surface area contributed by atoms with Crippen molar-refractivity contribution in [3.05, 3.63) is 40.0 Å². The van der Waals surface area contributed by atoms with Crippen LogP contribution < -0.4 is 10.5 Å². The topological polar surface area (TPSA) is 87.3 Å². The van der Waals surface area contributed by atoms with Gasteiger partial charge in [-0.3, -0.25) is 0 Å². The second kappa shape index (κ2) is 6.85. The summed E-state index contributed by atoms with van der Waals surface area (Å²) in [6.07, 6.45) is 1.38. The van der Waals surface area contributed by atoms with Crippen molar-refractivity contribution in [2.75, 3.05) is 20.0 Å². The molecule has 6 nitrogen and oxygen atoms in total. The highest BCUT2D eigenvalue weighted by atomic mass is 35.5. The summed E-state index contributed by atoms with van der Waals surface area (Å²) in [7, 11) is 2.68. The minimum Gasteiger partial charge on any atom is -0.494 e. The van der Waals surface area contributed by atoms with Crippen molar-refractivity contribution in [2.45, 2.75) is 0 Å². The van der Waals surface area contributed by atoms with Gasteiger partial charge < -0.3 is 15.2 Å². The van der Waals surface area contributed by atoms with Crippen LogP contribution in [0.5, 0.6) is 5.75 Å². The summed E-state index contributed by atoms with van der Waals surface area (Å²) in [4.78, 5) is 20.2. The van der Waals surface area contributed by atoms with Gasteiger partial charge in [0.2, 0.25) is 0 Å². The predicted octanol–water partition coefficient (Wildman–Crippen LogP) is 3.47. The van der Waals surface area contributed by atoms with E-state index in [-0.39, 0.29) is 33.7 Å². The standard InChI is InChI=1S/C15H13Cl2N3O3/c1-4-7-11(15(21)23-3)19-14(20-13(7)18)8-5-6-9(16)12(22-2)10(8)17/h4-6H,1H2,2-3H3,(H2,18,19,20). The zero-order valence-electron chi connectivity index (χ0n) is 12.4. The smallest absolute Gasteiger partial charge is 0.357 e. The molecule has 0 aliphatic heterocycles. The van der Waals surface area contributed by atoms with E-state index in [0.717, 1.165) is 0 Å².